The predicted molar refractivity (Wildman–Crippen MR) is 90.6 cm³/mol. The molecular weight excluding hydrogens is 274 g/mol. The smallest absolute Gasteiger partial charge is 0.220 e. The van der Waals surface area contributed by atoms with Crippen LogP contribution >= 0.6 is 0 Å². The molecule has 0 radical (unpaired) electrons. The maximum absolute atomic E-state index is 12.2. The Morgan fingerprint density at radius 2 is 2.00 bits per heavy atom. The number of amides is 1. The molecule has 1 saturated carbocycles. The molecule has 22 heavy (non-hydrogen) atoms. The number of hydrogen-bond donors (Lipinski definition) is 2. The summed E-state index contributed by atoms with van der Waals surface area (Å²) in [4.78, 5) is 14.3. The fourth-order valence-electron chi connectivity index (χ4n) is 3.23. The fraction of sp³-hybridized carbons (Fsp3) is 0.611. The number of nitrogens with zero attached hydrogens (tertiary/aromatic N) is 1. The highest BCUT2D eigenvalue weighted by molar-refractivity contribution is 5.76. The lowest BCUT2D eigenvalue weighted by Crippen LogP contribution is -2.36. The van der Waals surface area contributed by atoms with Crippen molar-refractivity contribution >= 4 is 5.91 Å². The van der Waals surface area contributed by atoms with E-state index in [1.807, 2.05) is 14.1 Å². The van der Waals surface area contributed by atoms with Crippen LogP contribution in [0.25, 0.3) is 0 Å². The Labute approximate surface area is 134 Å². The van der Waals surface area contributed by atoms with Gasteiger partial charge in [0.25, 0.3) is 0 Å². The topological polar surface area (TPSA) is 58.4 Å². The molecule has 1 aromatic rings. The van der Waals surface area contributed by atoms with E-state index in [0.717, 1.165) is 19.3 Å². The van der Waals surface area contributed by atoms with Crippen LogP contribution in [0, 0.1) is 12.8 Å². The summed E-state index contributed by atoms with van der Waals surface area (Å²) >= 11 is 0. The number of carbonyl (C=O) groups is 1. The molecule has 0 aromatic heterocycles. The quantitative estimate of drug-likeness (QED) is 0.847. The second kappa shape index (κ2) is 7.75. The van der Waals surface area contributed by atoms with Crippen molar-refractivity contribution in [1.29, 1.82) is 0 Å². The van der Waals surface area contributed by atoms with Gasteiger partial charge < -0.3 is 16.0 Å². The van der Waals surface area contributed by atoms with Gasteiger partial charge in [0.2, 0.25) is 5.91 Å². The van der Waals surface area contributed by atoms with E-state index in [2.05, 4.69) is 41.4 Å². The highest BCUT2D eigenvalue weighted by Crippen LogP contribution is 2.26. The van der Waals surface area contributed by atoms with E-state index in [1.165, 1.54) is 11.1 Å². The number of benzene rings is 1. The Morgan fingerprint density at radius 1 is 1.32 bits per heavy atom. The van der Waals surface area contributed by atoms with Gasteiger partial charge in [-0.1, -0.05) is 36.2 Å². The average molecular weight is 303 g/mol. The second-order valence-corrected chi connectivity index (χ2v) is 6.75. The van der Waals surface area contributed by atoms with Crippen LogP contribution in [-0.4, -0.2) is 37.5 Å². The summed E-state index contributed by atoms with van der Waals surface area (Å²) in [6.07, 6.45) is 3.86. The van der Waals surface area contributed by atoms with Crippen molar-refractivity contribution in [1.82, 2.24) is 10.2 Å². The molecule has 4 nitrogen and oxygen atoms in total. The van der Waals surface area contributed by atoms with Crippen LogP contribution in [-0.2, 0) is 4.79 Å². The molecule has 1 aliphatic carbocycles. The zero-order valence-electron chi connectivity index (χ0n) is 14.0. The maximum Gasteiger partial charge on any atom is 0.220 e. The molecule has 1 aliphatic rings. The molecule has 3 N–H and O–H groups in total. The zero-order valence-corrected chi connectivity index (χ0v) is 14.0. The van der Waals surface area contributed by atoms with E-state index >= 15 is 0 Å². The highest BCUT2D eigenvalue weighted by Gasteiger charge is 2.26. The van der Waals surface area contributed by atoms with Crippen LogP contribution in [0.3, 0.4) is 0 Å². The van der Waals surface area contributed by atoms with Crippen molar-refractivity contribution in [3.8, 4) is 0 Å². The van der Waals surface area contributed by atoms with E-state index in [0.29, 0.717) is 18.9 Å². The molecule has 3 atom stereocenters. The van der Waals surface area contributed by atoms with Gasteiger partial charge in [0.1, 0.15) is 0 Å². The number of carbonyl (C=O) groups excluding carboxylic acids is 1. The van der Waals surface area contributed by atoms with Crippen molar-refractivity contribution in [3.63, 3.8) is 0 Å². The number of aryl methyl sites for hydroxylation is 1. The first-order chi connectivity index (χ1) is 10.5. The van der Waals surface area contributed by atoms with Gasteiger partial charge in [-0.05, 0) is 45.3 Å². The third kappa shape index (κ3) is 4.55. The normalized spacial score (nSPS) is 22.8. The van der Waals surface area contributed by atoms with Crippen LogP contribution in [0.15, 0.2) is 24.3 Å². The molecule has 1 fully saturated rings. The van der Waals surface area contributed by atoms with E-state index in [-0.39, 0.29) is 18.0 Å². The largest absolute Gasteiger partial charge is 0.354 e. The van der Waals surface area contributed by atoms with Gasteiger partial charge in [-0.3, -0.25) is 4.79 Å². The van der Waals surface area contributed by atoms with Crippen molar-refractivity contribution in [3.05, 3.63) is 35.4 Å². The van der Waals surface area contributed by atoms with E-state index in [9.17, 15) is 4.79 Å². The third-order valence-electron chi connectivity index (χ3n) is 4.74. The monoisotopic (exact) mass is 303 g/mol. The first-order valence-corrected chi connectivity index (χ1v) is 8.22. The Balaban J connectivity index is 1.88. The van der Waals surface area contributed by atoms with E-state index < -0.39 is 0 Å². The molecule has 0 bridgehead atoms. The number of likely N-dealkylation sites (N-methyl/N-ethyl adjacent to an activating group) is 1. The lowest BCUT2D eigenvalue weighted by atomic mass is 9.99. The molecule has 0 spiro atoms. The van der Waals surface area contributed by atoms with E-state index in [4.69, 9.17) is 5.73 Å². The van der Waals surface area contributed by atoms with Crippen LogP contribution in [0.4, 0.5) is 0 Å². The SMILES string of the molecule is Cc1ccc(C(CNC(=O)C[C@@H]2CCC[C@H]2N)N(C)C)cc1. The maximum atomic E-state index is 12.2. The van der Waals surface area contributed by atoms with Crippen LogP contribution in [0.2, 0.25) is 0 Å². The molecule has 0 heterocycles. The van der Waals surface area contributed by atoms with Gasteiger partial charge in [0.05, 0.1) is 6.04 Å². The van der Waals surface area contributed by atoms with Crippen molar-refractivity contribution in [2.45, 2.75) is 44.7 Å². The van der Waals surface area contributed by atoms with Gasteiger partial charge in [0, 0.05) is 19.0 Å². The molecule has 2 rings (SSSR count). The van der Waals surface area contributed by atoms with Gasteiger partial charge in [-0.25, -0.2) is 0 Å². The highest BCUT2D eigenvalue weighted by atomic mass is 16.1. The first kappa shape index (κ1) is 17.0. The van der Waals surface area contributed by atoms with Crippen LogP contribution in [0.5, 0.6) is 0 Å². The lowest BCUT2D eigenvalue weighted by Gasteiger charge is -2.25. The molecule has 122 valence electrons. The average Bonchev–Trinajstić information content (AvgIpc) is 2.86. The van der Waals surface area contributed by atoms with E-state index in [1.54, 1.807) is 0 Å². The number of hydrogen-bond acceptors (Lipinski definition) is 3. The van der Waals surface area contributed by atoms with Crippen LogP contribution in [0.1, 0.15) is 42.9 Å². The third-order valence-corrected chi connectivity index (χ3v) is 4.74. The molecule has 0 saturated heterocycles. The summed E-state index contributed by atoms with van der Waals surface area (Å²) in [5.41, 5.74) is 8.53. The molecule has 1 unspecified atom stereocenters. The second-order valence-electron chi connectivity index (χ2n) is 6.75. The summed E-state index contributed by atoms with van der Waals surface area (Å²) in [7, 11) is 4.09. The summed E-state index contributed by atoms with van der Waals surface area (Å²) in [6, 6.07) is 8.91. The van der Waals surface area contributed by atoms with Crippen LogP contribution < -0.4 is 11.1 Å². The summed E-state index contributed by atoms with van der Waals surface area (Å²) in [6.45, 7) is 2.72. The Kier molecular flexibility index (Phi) is 5.98. The standard InChI is InChI=1S/C18H29N3O/c1-13-7-9-14(10-8-13)17(21(2)3)12-20-18(22)11-15-5-4-6-16(15)19/h7-10,15-17H,4-6,11-12,19H2,1-3H3,(H,20,22)/t15-,16+,17?/m0/s1. The fourth-order valence-corrected chi connectivity index (χ4v) is 3.23. The zero-order chi connectivity index (χ0) is 16.1. The summed E-state index contributed by atoms with van der Waals surface area (Å²) in [5.74, 6) is 0.485. The minimum absolute atomic E-state index is 0.126. The first-order valence-electron chi connectivity index (χ1n) is 8.22. The van der Waals surface area contributed by atoms with Crippen molar-refractivity contribution in [2.24, 2.45) is 11.7 Å². The number of rotatable bonds is 6. The van der Waals surface area contributed by atoms with Gasteiger partial charge in [-0.2, -0.15) is 0 Å². The minimum Gasteiger partial charge on any atom is -0.354 e. The Hall–Kier alpha value is -1.39. The van der Waals surface area contributed by atoms with Gasteiger partial charge in [0.15, 0.2) is 0 Å². The molecule has 1 amide bonds. The number of nitrogens with two attached hydrogens (primary N) is 1. The van der Waals surface area contributed by atoms with Crippen molar-refractivity contribution < 1.29 is 4.79 Å². The Bertz CT molecular complexity index is 484. The van der Waals surface area contributed by atoms with Crippen molar-refractivity contribution in [2.75, 3.05) is 20.6 Å². The van der Waals surface area contributed by atoms with Gasteiger partial charge in [-0.15, -0.1) is 0 Å². The predicted octanol–water partition coefficient (Wildman–Crippen LogP) is 2.23. The Morgan fingerprint density at radius 3 is 2.55 bits per heavy atom. The lowest BCUT2D eigenvalue weighted by molar-refractivity contribution is -0.122. The number of nitrogens with one attached hydrogen (secondary N) is 1. The molecule has 1 aromatic carbocycles. The minimum atomic E-state index is 0.126. The summed E-state index contributed by atoms with van der Waals surface area (Å²) < 4.78 is 0. The molecular formula is C18H29N3O. The molecule has 4 heteroatoms. The van der Waals surface area contributed by atoms with Gasteiger partial charge >= 0.3 is 0 Å². The molecule has 0 aliphatic heterocycles. The summed E-state index contributed by atoms with van der Waals surface area (Å²) in [5, 5.41) is 3.09.